The fourth-order valence-electron chi connectivity index (χ4n) is 3.18. The third-order valence-corrected chi connectivity index (χ3v) is 4.43. The Morgan fingerprint density at radius 1 is 1.36 bits per heavy atom. The van der Waals surface area contributed by atoms with Gasteiger partial charge in [-0.1, -0.05) is 37.3 Å². The number of aliphatic imine (C=N–C) groups is 1. The number of benzene rings is 1. The summed E-state index contributed by atoms with van der Waals surface area (Å²) in [5, 5.41) is 3.57. The van der Waals surface area contributed by atoms with Crippen LogP contribution < -0.4 is 5.32 Å². The van der Waals surface area contributed by atoms with Crippen LogP contribution in [0.2, 0.25) is 0 Å². The maximum absolute atomic E-state index is 4.48. The van der Waals surface area contributed by atoms with Gasteiger partial charge in [-0.2, -0.15) is 0 Å². The van der Waals surface area contributed by atoms with Crippen LogP contribution in [0.1, 0.15) is 31.4 Å². The van der Waals surface area contributed by atoms with Gasteiger partial charge in [0.25, 0.3) is 0 Å². The predicted molar refractivity (Wildman–Crippen MR) is 94.2 cm³/mol. The lowest BCUT2D eigenvalue weighted by atomic mass is 10.0. The molecule has 0 aliphatic carbocycles. The van der Waals surface area contributed by atoms with E-state index >= 15 is 0 Å². The molecule has 1 fully saturated rings. The van der Waals surface area contributed by atoms with Crippen LogP contribution in [-0.2, 0) is 0 Å². The van der Waals surface area contributed by atoms with Crippen molar-refractivity contribution in [3.63, 3.8) is 0 Å². The number of guanidine groups is 1. The molecule has 0 spiro atoms. The highest BCUT2D eigenvalue weighted by atomic mass is 15.3. The number of piperidine rings is 1. The maximum Gasteiger partial charge on any atom is 0.193 e. The lowest BCUT2D eigenvalue weighted by Crippen LogP contribution is -2.48. The molecular formula is C18H30N4. The number of nitrogens with one attached hydrogen (secondary N) is 1. The molecule has 0 saturated carbocycles. The molecular weight excluding hydrogens is 272 g/mol. The van der Waals surface area contributed by atoms with Crippen molar-refractivity contribution in [2.75, 3.05) is 40.8 Å². The minimum atomic E-state index is 0.347. The SMILES string of the molecule is CN=C(NCC(c1ccccc1)N(C)C)N1CCCC(C)C1. The summed E-state index contributed by atoms with van der Waals surface area (Å²) in [6, 6.07) is 11.0. The van der Waals surface area contributed by atoms with Gasteiger partial charge in [0, 0.05) is 26.7 Å². The van der Waals surface area contributed by atoms with Crippen molar-refractivity contribution in [1.82, 2.24) is 15.1 Å². The molecule has 1 heterocycles. The molecule has 2 rings (SSSR count). The van der Waals surface area contributed by atoms with Crippen LogP contribution >= 0.6 is 0 Å². The summed E-state index contributed by atoms with van der Waals surface area (Å²) in [5.74, 6) is 1.79. The number of hydrogen-bond donors (Lipinski definition) is 1. The maximum atomic E-state index is 4.48. The van der Waals surface area contributed by atoms with E-state index in [1.807, 2.05) is 7.05 Å². The van der Waals surface area contributed by atoms with E-state index in [0.29, 0.717) is 6.04 Å². The topological polar surface area (TPSA) is 30.9 Å². The van der Waals surface area contributed by atoms with Crippen LogP contribution in [-0.4, -0.2) is 56.5 Å². The summed E-state index contributed by atoms with van der Waals surface area (Å²) in [6.07, 6.45) is 2.59. The van der Waals surface area contributed by atoms with Crippen LogP contribution in [0.4, 0.5) is 0 Å². The van der Waals surface area contributed by atoms with E-state index < -0.39 is 0 Å². The normalized spacial score (nSPS) is 21.0. The van der Waals surface area contributed by atoms with Crippen LogP contribution in [0.15, 0.2) is 35.3 Å². The molecule has 1 saturated heterocycles. The standard InChI is InChI=1S/C18H30N4/c1-15-9-8-12-22(14-15)18(19-2)20-13-17(21(3)4)16-10-6-5-7-11-16/h5-7,10-11,15,17H,8-9,12-14H2,1-4H3,(H,19,20). The molecule has 22 heavy (non-hydrogen) atoms. The molecule has 1 aromatic carbocycles. The molecule has 4 nitrogen and oxygen atoms in total. The van der Waals surface area contributed by atoms with E-state index in [9.17, 15) is 0 Å². The Kier molecular flexibility index (Phi) is 6.25. The van der Waals surface area contributed by atoms with Crippen LogP contribution in [0.3, 0.4) is 0 Å². The molecule has 1 aromatic rings. The van der Waals surface area contributed by atoms with Gasteiger partial charge in [0.1, 0.15) is 0 Å². The summed E-state index contributed by atoms with van der Waals surface area (Å²) >= 11 is 0. The van der Waals surface area contributed by atoms with E-state index in [1.165, 1.54) is 18.4 Å². The highest BCUT2D eigenvalue weighted by Crippen LogP contribution is 2.18. The van der Waals surface area contributed by atoms with Gasteiger partial charge in [0.2, 0.25) is 0 Å². The smallest absolute Gasteiger partial charge is 0.193 e. The molecule has 2 atom stereocenters. The Morgan fingerprint density at radius 3 is 2.68 bits per heavy atom. The first-order valence-electron chi connectivity index (χ1n) is 8.28. The first kappa shape index (κ1) is 16.8. The molecule has 0 aromatic heterocycles. The molecule has 1 aliphatic rings. The second kappa shape index (κ2) is 8.18. The summed E-state index contributed by atoms with van der Waals surface area (Å²) in [4.78, 5) is 9.14. The molecule has 0 radical (unpaired) electrons. The van der Waals surface area contributed by atoms with Crippen molar-refractivity contribution in [3.8, 4) is 0 Å². The quantitative estimate of drug-likeness (QED) is 0.685. The van der Waals surface area contributed by atoms with Gasteiger partial charge in [-0.05, 0) is 38.4 Å². The monoisotopic (exact) mass is 302 g/mol. The lowest BCUT2D eigenvalue weighted by molar-refractivity contribution is 0.258. The lowest BCUT2D eigenvalue weighted by Gasteiger charge is -2.34. The highest BCUT2D eigenvalue weighted by molar-refractivity contribution is 5.80. The predicted octanol–water partition coefficient (Wildman–Crippen LogP) is 2.60. The Bertz CT molecular complexity index is 469. The van der Waals surface area contributed by atoms with Crippen molar-refractivity contribution >= 4 is 5.96 Å². The number of rotatable bonds is 4. The fraction of sp³-hybridized carbons (Fsp3) is 0.611. The van der Waals surface area contributed by atoms with Crippen molar-refractivity contribution in [1.29, 1.82) is 0 Å². The van der Waals surface area contributed by atoms with Crippen molar-refractivity contribution in [2.24, 2.45) is 10.9 Å². The van der Waals surface area contributed by atoms with E-state index in [-0.39, 0.29) is 0 Å². The minimum absolute atomic E-state index is 0.347. The third-order valence-electron chi connectivity index (χ3n) is 4.43. The molecule has 0 bridgehead atoms. The first-order valence-corrected chi connectivity index (χ1v) is 8.28. The van der Waals surface area contributed by atoms with Gasteiger partial charge in [0.05, 0.1) is 6.04 Å². The number of nitrogens with zero attached hydrogens (tertiary/aromatic N) is 3. The van der Waals surface area contributed by atoms with Gasteiger partial charge in [-0.25, -0.2) is 0 Å². The van der Waals surface area contributed by atoms with Gasteiger partial charge < -0.3 is 15.1 Å². The minimum Gasteiger partial charge on any atom is -0.354 e. The third kappa shape index (κ3) is 4.47. The molecule has 1 N–H and O–H groups in total. The Morgan fingerprint density at radius 2 is 2.09 bits per heavy atom. The van der Waals surface area contributed by atoms with E-state index in [0.717, 1.165) is 31.5 Å². The molecule has 0 amide bonds. The summed E-state index contributed by atoms with van der Waals surface area (Å²) in [5.41, 5.74) is 1.34. The van der Waals surface area contributed by atoms with Gasteiger partial charge in [0.15, 0.2) is 5.96 Å². The number of likely N-dealkylation sites (N-methyl/N-ethyl adjacent to an activating group) is 1. The first-order chi connectivity index (χ1) is 10.6. The molecule has 122 valence electrons. The second-order valence-corrected chi connectivity index (χ2v) is 6.51. The molecule has 1 aliphatic heterocycles. The summed E-state index contributed by atoms with van der Waals surface area (Å²) in [6.45, 7) is 5.42. The van der Waals surface area contributed by atoms with Crippen LogP contribution in [0, 0.1) is 5.92 Å². The fourth-order valence-corrected chi connectivity index (χ4v) is 3.18. The van der Waals surface area contributed by atoms with E-state index in [4.69, 9.17) is 0 Å². The van der Waals surface area contributed by atoms with Crippen molar-refractivity contribution in [2.45, 2.75) is 25.8 Å². The van der Waals surface area contributed by atoms with Crippen LogP contribution in [0.25, 0.3) is 0 Å². The average molecular weight is 302 g/mol. The second-order valence-electron chi connectivity index (χ2n) is 6.51. The van der Waals surface area contributed by atoms with Gasteiger partial charge in [-0.3, -0.25) is 4.99 Å². The zero-order chi connectivity index (χ0) is 15.9. The Balaban J connectivity index is 1.99. The molecule has 2 unspecified atom stereocenters. The Hall–Kier alpha value is -1.55. The number of likely N-dealkylation sites (tertiary alicyclic amines) is 1. The van der Waals surface area contributed by atoms with Gasteiger partial charge >= 0.3 is 0 Å². The average Bonchev–Trinajstić information content (AvgIpc) is 2.52. The summed E-state index contributed by atoms with van der Waals surface area (Å²) < 4.78 is 0. The van der Waals surface area contributed by atoms with E-state index in [2.05, 4.69) is 71.5 Å². The Labute approximate surface area is 135 Å². The van der Waals surface area contributed by atoms with Crippen LogP contribution in [0.5, 0.6) is 0 Å². The molecule has 4 heteroatoms. The van der Waals surface area contributed by atoms with Gasteiger partial charge in [-0.15, -0.1) is 0 Å². The zero-order valence-electron chi connectivity index (χ0n) is 14.4. The van der Waals surface area contributed by atoms with E-state index in [1.54, 1.807) is 0 Å². The van der Waals surface area contributed by atoms with Crippen molar-refractivity contribution in [3.05, 3.63) is 35.9 Å². The zero-order valence-corrected chi connectivity index (χ0v) is 14.4. The van der Waals surface area contributed by atoms with Crippen molar-refractivity contribution < 1.29 is 0 Å². The highest BCUT2D eigenvalue weighted by Gasteiger charge is 2.21. The summed E-state index contributed by atoms with van der Waals surface area (Å²) in [7, 11) is 6.14. The largest absolute Gasteiger partial charge is 0.354 e. The number of hydrogen-bond acceptors (Lipinski definition) is 2.